The van der Waals surface area contributed by atoms with E-state index < -0.39 is 0 Å². The van der Waals surface area contributed by atoms with E-state index in [1.165, 1.54) is 0 Å². The molecule has 100 valence electrons. The smallest absolute Gasteiger partial charge is 0.0638 e. The Morgan fingerprint density at radius 1 is 0.947 bits per heavy atom. The van der Waals surface area contributed by atoms with Crippen LogP contribution in [0, 0.1) is 0 Å². The van der Waals surface area contributed by atoms with Gasteiger partial charge in [0.2, 0.25) is 0 Å². The first-order valence-electron chi connectivity index (χ1n) is 5.64. The van der Waals surface area contributed by atoms with Gasteiger partial charge in [-0.15, -0.1) is 0 Å². The molecule has 2 rings (SSSR count). The summed E-state index contributed by atoms with van der Waals surface area (Å²) in [5.74, 6) is 0. The van der Waals surface area contributed by atoms with Gasteiger partial charge in [-0.1, -0.05) is 56.8 Å². The first kappa shape index (κ1) is 15.0. The Morgan fingerprint density at radius 3 is 2.32 bits per heavy atom. The Morgan fingerprint density at radius 2 is 1.63 bits per heavy atom. The fourth-order valence-electron chi connectivity index (χ4n) is 1.71. The normalized spacial score (nSPS) is 12.3. The van der Waals surface area contributed by atoms with Crippen LogP contribution >= 0.6 is 50.7 Å². The highest BCUT2D eigenvalue weighted by Gasteiger charge is 2.09. The second kappa shape index (κ2) is 6.36. The monoisotopic (exact) mass is 377 g/mol. The van der Waals surface area contributed by atoms with Gasteiger partial charge in [0, 0.05) is 10.5 Å². The van der Waals surface area contributed by atoms with Crippen LogP contribution in [0.4, 0.5) is 5.69 Å². The Balaban J connectivity index is 2.22. The van der Waals surface area contributed by atoms with E-state index in [0.717, 1.165) is 15.7 Å². The molecule has 0 saturated heterocycles. The minimum absolute atomic E-state index is 0.0709. The maximum Gasteiger partial charge on any atom is 0.0638 e. The maximum atomic E-state index is 6.15. The van der Waals surface area contributed by atoms with Gasteiger partial charge in [-0.25, -0.2) is 0 Å². The molecule has 0 heterocycles. The highest BCUT2D eigenvalue weighted by Crippen LogP contribution is 2.31. The molecule has 1 atom stereocenters. The summed E-state index contributed by atoms with van der Waals surface area (Å²) in [7, 11) is 0. The van der Waals surface area contributed by atoms with Crippen molar-refractivity contribution in [1.29, 1.82) is 0 Å². The lowest BCUT2D eigenvalue weighted by molar-refractivity contribution is 0.885. The molecule has 19 heavy (non-hydrogen) atoms. The number of hydrogen-bond donors (Lipinski definition) is 1. The molecule has 2 aromatic rings. The van der Waals surface area contributed by atoms with E-state index in [-0.39, 0.29) is 6.04 Å². The molecular weight excluding hydrogens is 368 g/mol. The molecule has 0 bridgehead atoms. The summed E-state index contributed by atoms with van der Waals surface area (Å²) in [6.45, 7) is 2.04. The quantitative estimate of drug-likeness (QED) is 0.635. The SMILES string of the molecule is CC(Nc1cc(Br)ccc1Cl)c1ccc(Cl)c(Cl)c1. The average molecular weight is 380 g/mol. The largest absolute Gasteiger partial charge is 0.377 e. The molecule has 0 spiro atoms. The van der Waals surface area contributed by atoms with Crippen LogP contribution in [0.2, 0.25) is 15.1 Å². The van der Waals surface area contributed by atoms with Crippen molar-refractivity contribution >= 4 is 56.4 Å². The topological polar surface area (TPSA) is 12.0 Å². The lowest BCUT2D eigenvalue weighted by Crippen LogP contribution is -2.07. The summed E-state index contributed by atoms with van der Waals surface area (Å²) in [5, 5.41) is 5.13. The highest BCUT2D eigenvalue weighted by atomic mass is 79.9. The number of anilines is 1. The van der Waals surface area contributed by atoms with Crippen molar-refractivity contribution < 1.29 is 0 Å². The van der Waals surface area contributed by atoms with Crippen LogP contribution in [-0.2, 0) is 0 Å². The fourth-order valence-corrected chi connectivity index (χ4v) is 2.55. The van der Waals surface area contributed by atoms with E-state index in [4.69, 9.17) is 34.8 Å². The second-order valence-electron chi connectivity index (χ2n) is 4.16. The van der Waals surface area contributed by atoms with Gasteiger partial charge in [0.25, 0.3) is 0 Å². The van der Waals surface area contributed by atoms with Crippen LogP contribution < -0.4 is 5.32 Å². The summed E-state index contributed by atoms with van der Waals surface area (Å²) < 4.78 is 0.973. The number of benzene rings is 2. The van der Waals surface area contributed by atoms with Crippen LogP contribution in [0.5, 0.6) is 0 Å². The Hall–Kier alpha value is -0.410. The van der Waals surface area contributed by atoms with Gasteiger partial charge in [-0.05, 0) is 42.8 Å². The van der Waals surface area contributed by atoms with Crippen molar-refractivity contribution in [2.75, 3.05) is 5.32 Å². The summed E-state index contributed by atoms with van der Waals surface area (Å²) in [6, 6.07) is 11.3. The average Bonchev–Trinajstić information content (AvgIpc) is 2.37. The molecule has 1 nitrogen and oxygen atoms in total. The number of halogens is 4. The van der Waals surface area contributed by atoms with Crippen molar-refractivity contribution in [3.63, 3.8) is 0 Å². The van der Waals surface area contributed by atoms with Crippen molar-refractivity contribution in [2.45, 2.75) is 13.0 Å². The van der Waals surface area contributed by atoms with Gasteiger partial charge in [0.05, 0.1) is 20.8 Å². The third-order valence-electron chi connectivity index (χ3n) is 2.74. The van der Waals surface area contributed by atoms with E-state index in [2.05, 4.69) is 21.2 Å². The molecule has 1 unspecified atom stereocenters. The van der Waals surface area contributed by atoms with Crippen molar-refractivity contribution in [1.82, 2.24) is 0 Å². The van der Waals surface area contributed by atoms with E-state index in [1.807, 2.05) is 37.3 Å². The molecule has 0 aliphatic rings. The van der Waals surface area contributed by atoms with Crippen LogP contribution in [-0.4, -0.2) is 0 Å². The number of nitrogens with one attached hydrogen (secondary N) is 1. The van der Waals surface area contributed by atoms with Gasteiger partial charge in [-0.3, -0.25) is 0 Å². The third kappa shape index (κ3) is 3.79. The molecule has 0 amide bonds. The van der Waals surface area contributed by atoms with Gasteiger partial charge >= 0.3 is 0 Å². The first-order chi connectivity index (χ1) is 8.97. The van der Waals surface area contributed by atoms with E-state index in [0.29, 0.717) is 15.1 Å². The standard InChI is InChI=1S/C14H11BrCl3N/c1-8(9-2-4-11(16)13(18)6-9)19-14-7-10(15)3-5-12(14)17/h2-8,19H,1H3. The lowest BCUT2D eigenvalue weighted by atomic mass is 10.1. The van der Waals surface area contributed by atoms with E-state index in [9.17, 15) is 0 Å². The second-order valence-corrected chi connectivity index (χ2v) is 6.30. The van der Waals surface area contributed by atoms with Crippen molar-refractivity contribution in [3.8, 4) is 0 Å². The minimum atomic E-state index is 0.0709. The zero-order valence-corrected chi connectivity index (χ0v) is 13.9. The van der Waals surface area contributed by atoms with Crippen molar-refractivity contribution in [3.05, 3.63) is 61.5 Å². The highest BCUT2D eigenvalue weighted by molar-refractivity contribution is 9.10. The van der Waals surface area contributed by atoms with Crippen LogP contribution in [0.3, 0.4) is 0 Å². The van der Waals surface area contributed by atoms with Crippen LogP contribution in [0.25, 0.3) is 0 Å². The Labute approximate surface area is 136 Å². The van der Waals surface area contributed by atoms with E-state index in [1.54, 1.807) is 6.07 Å². The van der Waals surface area contributed by atoms with Gasteiger partial charge in [0.1, 0.15) is 0 Å². The van der Waals surface area contributed by atoms with Gasteiger partial charge < -0.3 is 5.32 Å². The summed E-state index contributed by atoms with van der Waals surface area (Å²) in [4.78, 5) is 0. The predicted octanol–water partition coefficient (Wildman–Crippen LogP) is 6.58. The lowest BCUT2D eigenvalue weighted by Gasteiger charge is -2.17. The Bertz CT molecular complexity index is 601. The molecule has 0 aromatic heterocycles. The molecule has 0 aliphatic carbocycles. The van der Waals surface area contributed by atoms with Gasteiger partial charge in [-0.2, -0.15) is 0 Å². The summed E-state index contributed by atoms with van der Waals surface area (Å²) in [5.41, 5.74) is 1.92. The molecule has 0 aliphatic heterocycles. The van der Waals surface area contributed by atoms with Gasteiger partial charge in [0.15, 0.2) is 0 Å². The summed E-state index contributed by atoms with van der Waals surface area (Å²) in [6.07, 6.45) is 0. The summed E-state index contributed by atoms with van der Waals surface area (Å²) >= 11 is 21.5. The molecular formula is C14H11BrCl3N. The third-order valence-corrected chi connectivity index (χ3v) is 4.31. The molecule has 0 saturated carbocycles. The molecule has 5 heteroatoms. The molecule has 2 aromatic carbocycles. The first-order valence-corrected chi connectivity index (χ1v) is 7.56. The minimum Gasteiger partial charge on any atom is -0.377 e. The number of hydrogen-bond acceptors (Lipinski definition) is 1. The Kier molecular flexibility index (Phi) is 5.02. The van der Waals surface area contributed by atoms with Crippen molar-refractivity contribution in [2.24, 2.45) is 0 Å². The van der Waals surface area contributed by atoms with E-state index >= 15 is 0 Å². The zero-order chi connectivity index (χ0) is 14.0. The fraction of sp³-hybridized carbons (Fsp3) is 0.143. The molecule has 0 radical (unpaired) electrons. The van der Waals surface area contributed by atoms with Crippen LogP contribution in [0.15, 0.2) is 40.9 Å². The maximum absolute atomic E-state index is 6.15. The number of rotatable bonds is 3. The molecule has 1 N–H and O–H groups in total. The zero-order valence-electron chi connectivity index (χ0n) is 10.1. The predicted molar refractivity (Wildman–Crippen MR) is 87.7 cm³/mol. The van der Waals surface area contributed by atoms with Crippen LogP contribution in [0.1, 0.15) is 18.5 Å². The molecule has 0 fully saturated rings.